The molecule has 0 aliphatic heterocycles. The van der Waals surface area contributed by atoms with Crippen molar-refractivity contribution in [2.24, 2.45) is 0 Å². The van der Waals surface area contributed by atoms with Crippen molar-refractivity contribution in [3.63, 3.8) is 0 Å². The molecule has 0 heterocycles. The largest absolute Gasteiger partial charge is 0.463 e. The van der Waals surface area contributed by atoms with Gasteiger partial charge in [0.15, 0.2) is 0 Å². The molecule has 0 aromatic heterocycles. The van der Waals surface area contributed by atoms with Crippen molar-refractivity contribution < 1.29 is 38.0 Å². The van der Waals surface area contributed by atoms with Gasteiger partial charge in [-0.15, -0.1) is 0 Å². The summed E-state index contributed by atoms with van der Waals surface area (Å²) in [7, 11) is 1.67. The van der Waals surface area contributed by atoms with Crippen LogP contribution in [0.5, 0.6) is 0 Å². The predicted octanol–water partition coefficient (Wildman–Crippen LogP) is 2.61. The Bertz CT molecular complexity index is 406. The van der Waals surface area contributed by atoms with E-state index in [1.165, 1.54) is 6.92 Å². The molecule has 0 aromatic carbocycles. The Hall–Kier alpha value is -0.770. The molecule has 0 amide bonds. The lowest BCUT2D eigenvalue weighted by Gasteiger charge is -2.22. The summed E-state index contributed by atoms with van der Waals surface area (Å²) < 4.78 is 38.6. The van der Waals surface area contributed by atoms with Crippen LogP contribution >= 0.6 is 0 Å². The summed E-state index contributed by atoms with van der Waals surface area (Å²) in [6.45, 7) is 15.7. The fraction of sp³-hybridized carbons (Fsp3) is 0.952. The van der Waals surface area contributed by atoms with Crippen molar-refractivity contribution in [2.45, 2.75) is 85.1 Å². The highest BCUT2D eigenvalue weighted by atomic mass is 16.6. The minimum absolute atomic E-state index is 0.0000975. The smallest absolute Gasteiger partial charge is 0.302 e. The molecule has 6 atom stereocenters. The van der Waals surface area contributed by atoms with Crippen LogP contribution in [0.15, 0.2) is 0 Å². The molecule has 0 N–H and O–H groups in total. The normalized spacial score (nSPS) is 17.9. The molecule has 8 nitrogen and oxygen atoms in total. The average Bonchev–Trinajstić information content (AvgIpc) is 2.69. The lowest BCUT2D eigenvalue weighted by atomic mass is 10.3. The van der Waals surface area contributed by atoms with Crippen LogP contribution in [-0.2, 0) is 38.0 Å². The third-order valence-corrected chi connectivity index (χ3v) is 4.00. The van der Waals surface area contributed by atoms with Gasteiger partial charge in [-0.1, -0.05) is 0 Å². The van der Waals surface area contributed by atoms with Gasteiger partial charge in [-0.2, -0.15) is 0 Å². The van der Waals surface area contributed by atoms with Crippen LogP contribution in [0.1, 0.15) is 48.5 Å². The van der Waals surface area contributed by atoms with Gasteiger partial charge in [0.2, 0.25) is 0 Å². The molecular weight excluding hydrogens is 380 g/mol. The van der Waals surface area contributed by atoms with E-state index in [4.69, 9.17) is 33.2 Å². The molecule has 174 valence electrons. The van der Waals surface area contributed by atoms with E-state index < -0.39 is 0 Å². The summed E-state index contributed by atoms with van der Waals surface area (Å²) in [6, 6.07) is 0. The van der Waals surface area contributed by atoms with E-state index in [1.54, 1.807) is 7.11 Å². The summed E-state index contributed by atoms with van der Waals surface area (Å²) in [4.78, 5) is 10.8. The maximum Gasteiger partial charge on any atom is 0.302 e. The number of hydrogen-bond acceptors (Lipinski definition) is 8. The van der Waals surface area contributed by atoms with Gasteiger partial charge in [0.25, 0.3) is 0 Å². The van der Waals surface area contributed by atoms with Crippen LogP contribution in [0.3, 0.4) is 0 Å². The van der Waals surface area contributed by atoms with E-state index >= 15 is 0 Å². The summed E-state index contributed by atoms with van der Waals surface area (Å²) in [5.74, 6) is -0.309. The van der Waals surface area contributed by atoms with Crippen LogP contribution < -0.4 is 0 Å². The zero-order valence-corrected chi connectivity index (χ0v) is 19.5. The lowest BCUT2D eigenvalue weighted by molar-refractivity contribution is -0.146. The van der Waals surface area contributed by atoms with Gasteiger partial charge in [0.1, 0.15) is 6.61 Å². The Morgan fingerprint density at radius 1 is 0.552 bits per heavy atom. The number of rotatable bonds is 18. The molecule has 0 saturated heterocycles. The van der Waals surface area contributed by atoms with E-state index in [1.807, 2.05) is 41.5 Å². The number of ether oxygens (including phenoxy) is 7. The van der Waals surface area contributed by atoms with Gasteiger partial charge in [0, 0.05) is 14.0 Å². The van der Waals surface area contributed by atoms with Crippen molar-refractivity contribution in [3.8, 4) is 0 Å². The van der Waals surface area contributed by atoms with Crippen LogP contribution in [-0.4, -0.2) is 89.3 Å². The third kappa shape index (κ3) is 17.8. The van der Waals surface area contributed by atoms with Gasteiger partial charge in [-0.05, 0) is 41.5 Å². The lowest BCUT2D eigenvalue weighted by Crippen LogP contribution is -2.29. The molecule has 0 spiro atoms. The number of carbonyl (C=O) groups excluding carboxylic acids is 1. The molecule has 0 aromatic rings. The van der Waals surface area contributed by atoms with Crippen LogP contribution in [0.4, 0.5) is 0 Å². The van der Waals surface area contributed by atoms with Crippen molar-refractivity contribution in [1.82, 2.24) is 0 Å². The first-order chi connectivity index (χ1) is 13.6. The summed E-state index contributed by atoms with van der Waals surface area (Å²) >= 11 is 0. The van der Waals surface area contributed by atoms with E-state index in [2.05, 4.69) is 0 Å². The maximum atomic E-state index is 10.8. The number of carbonyl (C=O) groups is 1. The predicted molar refractivity (Wildman–Crippen MR) is 110 cm³/mol. The molecule has 6 unspecified atom stereocenters. The Balaban J connectivity index is 3.78. The topological polar surface area (TPSA) is 81.7 Å². The Labute approximate surface area is 176 Å². The van der Waals surface area contributed by atoms with Gasteiger partial charge in [0.05, 0.1) is 69.7 Å². The highest BCUT2D eigenvalue weighted by molar-refractivity contribution is 5.65. The zero-order chi connectivity index (χ0) is 22.2. The minimum atomic E-state index is -0.309. The van der Waals surface area contributed by atoms with Crippen molar-refractivity contribution in [3.05, 3.63) is 0 Å². The fourth-order valence-corrected chi connectivity index (χ4v) is 2.04. The van der Waals surface area contributed by atoms with Gasteiger partial charge < -0.3 is 33.2 Å². The molecule has 8 heteroatoms. The highest BCUT2D eigenvalue weighted by Crippen LogP contribution is 2.04. The van der Waals surface area contributed by atoms with Crippen molar-refractivity contribution in [1.29, 1.82) is 0 Å². The zero-order valence-electron chi connectivity index (χ0n) is 19.5. The van der Waals surface area contributed by atoms with E-state index in [0.717, 1.165) is 0 Å². The average molecular weight is 423 g/mol. The molecule has 0 saturated carbocycles. The van der Waals surface area contributed by atoms with Crippen molar-refractivity contribution >= 4 is 5.97 Å². The molecule has 0 rings (SSSR count). The maximum absolute atomic E-state index is 10.8. The van der Waals surface area contributed by atoms with Crippen LogP contribution in [0.2, 0.25) is 0 Å². The second kappa shape index (κ2) is 17.0. The van der Waals surface area contributed by atoms with E-state index in [9.17, 15) is 4.79 Å². The van der Waals surface area contributed by atoms with Gasteiger partial charge >= 0.3 is 5.97 Å². The minimum Gasteiger partial charge on any atom is -0.463 e. The van der Waals surface area contributed by atoms with Gasteiger partial charge in [-0.3, -0.25) is 4.79 Å². The fourth-order valence-electron chi connectivity index (χ4n) is 2.04. The molecule has 0 aliphatic carbocycles. The highest BCUT2D eigenvalue weighted by Gasteiger charge is 2.13. The molecule has 29 heavy (non-hydrogen) atoms. The summed E-state index contributed by atoms with van der Waals surface area (Å²) in [6.07, 6.45) is -0.268. The second-order valence-electron chi connectivity index (χ2n) is 7.57. The molecule has 0 bridgehead atoms. The summed E-state index contributed by atoms with van der Waals surface area (Å²) in [5, 5.41) is 0. The van der Waals surface area contributed by atoms with E-state index in [0.29, 0.717) is 33.0 Å². The SMILES string of the molecule is COC(C)COC(C)COC(C)COC(C)COC(C)COC(C)COC(C)=O. The molecule has 0 aliphatic rings. The Morgan fingerprint density at radius 3 is 1.10 bits per heavy atom. The first-order valence-corrected chi connectivity index (χ1v) is 10.4. The Morgan fingerprint density at radius 2 is 0.828 bits per heavy atom. The molecule has 0 radical (unpaired) electrons. The third-order valence-electron chi connectivity index (χ3n) is 4.00. The quantitative estimate of drug-likeness (QED) is 0.312. The molecular formula is C21H42O8. The van der Waals surface area contributed by atoms with Gasteiger partial charge in [-0.25, -0.2) is 0 Å². The van der Waals surface area contributed by atoms with Crippen molar-refractivity contribution in [2.75, 3.05) is 46.8 Å². The Kier molecular flexibility index (Phi) is 16.5. The second-order valence-corrected chi connectivity index (χ2v) is 7.57. The number of esters is 1. The first-order valence-electron chi connectivity index (χ1n) is 10.4. The first kappa shape index (κ1) is 28.2. The monoisotopic (exact) mass is 422 g/mol. The van der Waals surface area contributed by atoms with E-state index in [-0.39, 0.29) is 49.2 Å². The molecule has 0 fully saturated rings. The standard InChI is InChI=1S/C21H42O8/c1-15(23-8)9-24-16(2)10-25-17(3)11-26-18(4)12-27-19(5)13-28-20(6)14-29-21(7)22/h15-20H,9-14H2,1-8H3. The van der Waals surface area contributed by atoms with Crippen LogP contribution in [0.25, 0.3) is 0 Å². The number of methoxy groups -OCH3 is 1. The number of hydrogen-bond donors (Lipinski definition) is 0. The summed E-state index contributed by atoms with van der Waals surface area (Å²) in [5.41, 5.74) is 0. The van der Waals surface area contributed by atoms with Crippen LogP contribution in [0, 0.1) is 0 Å².